The lowest BCUT2D eigenvalue weighted by Crippen LogP contribution is -2.11. The van der Waals surface area contributed by atoms with Gasteiger partial charge in [-0.15, -0.1) is 0 Å². The summed E-state index contributed by atoms with van der Waals surface area (Å²) in [6.45, 7) is 3.28. The van der Waals surface area contributed by atoms with Gasteiger partial charge in [0.15, 0.2) is 0 Å². The van der Waals surface area contributed by atoms with E-state index in [1.807, 2.05) is 22.6 Å². The number of hydrogen-bond acceptors (Lipinski definition) is 3. The molecule has 0 aliphatic rings. The van der Waals surface area contributed by atoms with Crippen molar-refractivity contribution in [3.63, 3.8) is 0 Å². The first-order valence-corrected chi connectivity index (χ1v) is 5.67. The molecule has 1 rings (SSSR count). The Morgan fingerprint density at radius 3 is 2.75 bits per heavy atom. The van der Waals surface area contributed by atoms with Gasteiger partial charge in [0.2, 0.25) is 0 Å². The number of rotatable bonds is 3. The molecule has 1 aromatic rings. The highest BCUT2D eigenvalue weighted by atomic mass is 127. The zero-order chi connectivity index (χ0) is 12.3. The number of nitrogens with zero attached hydrogens (tertiary/aromatic N) is 1. The molecule has 0 aliphatic heterocycles. The molecule has 0 N–H and O–H groups in total. The maximum Gasteiger partial charge on any atom is 0.340 e. The van der Waals surface area contributed by atoms with E-state index in [4.69, 9.17) is 4.74 Å². The molecule has 0 amide bonds. The number of esters is 1. The van der Waals surface area contributed by atoms with Crippen molar-refractivity contribution in [2.45, 2.75) is 20.3 Å². The van der Waals surface area contributed by atoms with E-state index in [0.29, 0.717) is 9.26 Å². The Morgan fingerprint density at radius 1 is 1.62 bits per heavy atom. The van der Waals surface area contributed by atoms with Crippen molar-refractivity contribution in [2.75, 3.05) is 6.61 Å². The van der Waals surface area contributed by atoms with E-state index in [1.165, 1.54) is 6.92 Å². The largest absolute Gasteiger partial charge is 0.462 e. The van der Waals surface area contributed by atoms with E-state index in [2.05, 4.69) is 4.98 Å². The number of carbonyl (C=O) groups is 1. The fourth-order valence-corrected chi connectivity index (χ4v) is 1.68. The van der Waals surface area contributed by atoms with Gasteiger partial charge < -0.3 is 4.74 Å². The molecule has 0 saturated heterocycles. The summed E-state index contributed by atoms with van der Waals surface area (Å²) in [6.07, 6.45) is -1.58. The van der Waals surface area contributed by atoms with Gasteiger partial charge in [0, 0.05) is 11.8 Å². The lowest BCUT2D eigenvalue weighted by Gasteiger charge is -2.11. The predicted molar refractivity (Wildman–Crippen MR) is 62.6 cm³/mol. The van der Waals surface area contributed by atoms with E-state index < -0.39 is 12.4 Å². The standard InChI is InChI=1S/C10H10F2INO2/c1-3-16-10(15)6-4-14-9(13)5(2)7(6)8(11)12/h4,8H,3H2,1-2H3. The van der Waals surface area contributed by atoms with Gasteiger partial charge >= 0.3 is 5.97 Å². The second kappa shape index (κ2) is 5.51. The SMILES string of the molecule is CCOC(=O)c1cnc(I)c(C)c1C(F)F. The van der Waals surface area contributed by atoms with Gasteiger partial charge in [-0.25, -0.2) is 18.6 Å². The lowest BCUT2D eigenvalue weighted by atomic mass is 10.1. The van der Waals surface area contributed by atoms with Gasteiger partial charge in [0.25, 0.3) is 6.43 Å². The Morgan fingerprint density at radius 2 is 2.25 bits per heavy atom. The van der Waals surface area contributed by atoms with E-state index in [1.54, 1.807) is 6.92 Å². The maximum atomic E-state index is 12.8. The fourth-order valence-electron chi connectivity index (χ4n) is 1.25. The summed E-state index contributed by atoms with van der Waals surface area (Å²) in [5, 5.41) is 0. The number of pyridine rings is 1. The van der Waals surface area contributed by atoms with Crippen LogP contribution in [0.1, 0.15) is 34.8 Å². The zero-order valence-corrected chi connectivity index (χ0v) is 10.9. The van der Waals surface area contributed by atoms with Crippen LogP contribution in [-0.2, 0) is 4.74 Å². The van der Waals surface area contributed by atoms with Crippen LogP contribution < -0.4 is 0 Å². The van der Waals surface area contributed by atoms with Crippen molar-refractivity contribution in [1.29, 1.82) is 0 Å². The number of ether oxygens (including phenoxy) is 1. The van der Waals surface area contributed by atoms with Crippen molar-refractivity contribution < 1.29 is 18.3 Å². The van der Waals surface area contributed by atoms with Gasteiger partial charge in [0.1, 0.15) is 3.70 Å². The molecule has 6 heteroatoms. The summed E-state index contributed by atoms with van der Waals surface area (Å²) >= 11 is 1.85. The van der Waals surface area contributed by atoms with E-state index in [0.717, 1.165) is 6.20 Å². The first kappa shape index (κ1) is 13.3. The van der Waals surface area contributed by atoms with Crippen molar-refractivity contribution in [2.24, 2.45) is 0 Å². The molecular weight excluding hydrogens is 331 g/mol. The third-order valence-corrected chi connectivity index (χ3v) is 3.11. The van der Waals surface area contributed by atoms with Crippen LogP contribution in [0.25, 0.3) is 0 Å². The van der Waals surface area contributed by atoms with Crippen LogP contribution in [0.4, 0.5) is 8.78 Å². The summed E-state index contributed by atoms with van der Waals surface area (Å²) in [6, 6.07) is 0. The van der Waals surface area contributed by atoms with Crippen molar-refractivity contribution in [1.82, 2.24) is 4.98 Å². The van der Waals surface area contributed by atoms with Gasteiger partial charge in [0.05, 0.1) is 12.2 Å². The van der Waals surface area contributed by atoms with Gasteiger partial charge in [-0.3, -0.25) is 0 Å². The van der Waals surface area contributed by atoms with Gasteiger partial charge in [-0.1, -0.05) is 0 Å². The number of hydrogen-bond donors (Lipinski definition) is 0. The smallest absolute Gasteiger partial charge is 0.340 e. The monoisotopic (exact) mass is 341 g/mol. The Kier molecular flexibility index (Phi) is 4.57. The third-order valence-electron chi connectivity index (χ3n) is 2.02. The first-order valence-electron chi connectivity index (χ1n) is 4.59. The molecule has 0 bridgehead atoms. The van der Waals surface area contributed by atoms with Gasteiger partial charge in [-0.2, -0.15) is 0 Å². The van der Waals surface area contributed by atoms with Crippen LogP contribution in [0, 0.1) is 10.6 Å². The van der Waals surface area contributed by atoms with Crippen LogP contribution in [0.3, 0.4) is 0 Å². The molecule has 1 aromatic heterocycles. The quantitative estimate of drug-likeness (QED) is 0.482. The Hall–Kier alpha value is -0.790. The highest BCUT2D eigenvalue weighted by Gasteiger charge is 2.23. The fraction of sp³-hybridized carbons (Fsp3) is 0.400. The summed E-state index contributed by atoms with van der Waals surface area (Å²) < 4.78 is 30.8. The molecule has 0 radical (unpaired) electrons. The normalized spacial score (nSPS) is 10.6. The minimum atomic E-state index is -2.71. The molecule has 1 heterocycles. The maximum absolute atomic E-state index is 12.8. The number of alkyl halides is 2. The van der Waals surface area contributed by atoms with Crippen molar-refractivity contribution in [3.05, 3.63) is 26.6 Å². The van der Waals surface area contributed by atoms with E-state index in [-0.39, 0.29) is 17.7 Å². The number of aromatic nitrogens is 1. The van der Waals surface area contributed by atoms with Gasteiger partial charge in [-0.05, 0) is 42.0 Å². The molecule has 0 fully saturated rings. The van der Waals surface area contributed by atoms with E-state index in [9.17, 15) is 13.6 Å². The van der Waals surface area contributed by atoms with Crippen LogP contribution in [0.5, 0.6) is 0 Å². The molecule has 3 nitrogen and oxygen atoms in total. The second-order valence-electron chi connectivity index (χ2n) is 3.02. The molecule has 0 aromatic carbocycles. The number of halogens is 3. The first-order chi connectivity index (χ1) is 7.49. The molecule has 0 aliphatic carbocycles. The average Bonchev–Trinajstić information content (AvgIpc) is 2.21. The Balaban J connectivity index is 3.28. The molecule has 0 saturated carbocycles. The van der Waals surface area contributed by atoms with Crippen LogP contribution in [0.2, 0.25) is 0 Å². The summed E-state index contributed by atoms with van der Waals surface area (Å²) in [7, 11) is 0. The van der Waals surface area contributed by atoms with E-state index >= 15 is 0 Å². The van der Waals surface area contributed by atoms with Crippen LogP contribution >= 0.6 is 22.6 Å². The summed E-state index contributed by atoms with van der Waals surface area (Å²) in [4.78, 5) is 15.3. The highest BCUT2D eigenvalue weighted by Crippen LogP contribution is 2.28. The average molecular weight is 341 g/mol. The summed E-state index contributed by atoms with van der Waals surface area (Å²) in [5.74, 6) is -0.759. The number of carbonyl (C=O) groups excluding carboxylic acids is 1. The zero-order valence-electron chi connectivity index (χ0n) is 8.76. The van der Waals surface area contributed by atoms with Crippen LogP contribution in [0.15, 0.2) is 6.20 Å². The molecular formula is C10H10F2INO2. The highest BCUT2D eigenvalue weighted by molar-refractivity contribution is 14.1. The Labute approximate surface area is 105 Å². The minimum absolute atomic E-state index is 0.145. The van der Waals surface area contributed by atoms with Crippen molar-refractivity contribution in [3.8, 4) is 0 Å². The topological polar surface area (TPSA) is 39.2 Å². The molecule has 0 atom stereocenters. The lowest BCUT2D eigenvalue weighted by molar-refractivity contribution is 0.0514. The molecule has 0 unspecified atom stereocenters. The summed E-state index contributed by atoms with van der Waals surface area (Å²) in [5.41, 5.74) is -0.131. The minimum Gasteiger partial charge on any atom is -0.462 e. The molecule has 0 spiro atoms. The third kappa shape index (κ3) is 2.66. The van der Waals surface area contributed by atoms with Crippen LogP contribution in [-0.4, -0.2) is 17.6 Å². The molecule has 88 valence electrons. The second-order valence-corrected chi connectivity index (χ2v) is 4.04. The van der Waals surface area contributed by atoms with Crippen molar-refractivity contribution >= 4 is 28.6 Å². The predicted octanol–water partition coefficient (Wildman–Crippen LogP) is 3.11. The Bertz CT molecular complexity index is 410. The molecule has 16 heavy (non-hydrogen) atoms.